The second kappa shape index (κ2) is 6.33. The van der Waals surface area contributed by atoms with Crippen molar-refractivity contribution < 1.29 is 28.5 Å². The van der Waals surface area contributed by atoms with Gasteiger partial charge in [-0.05, 0) is 0 Å². The van der Waals surface area contributed by atoms with E-state index in [0.717, 1.165) is 0 Å². The third-order valence-electron chi connectivity index (χ3n) is 1.46. The molecular weight excluding hydrogens is 192 g/mol. The van der Waals surface area contributed by atoms with Gasteiger partial charge in [-0.3, -0.25) is 4.79 Å². The first kappa shape index (κ1) is 10.9. The van der Waals surface area contributed by atoms with Gasteiger partial charge in [-0.15, -0.1) is 0 Å². The van der Waals surface area contributed by atoms with E-state index in [0.29, 0.717) is 26.2 Å². The maximum atomic E-state index is 10.2. The Balaban J connectivity index is 0.000000140. The van der Waals surface area contributed by atoms with E-state index in [4.69, 9.17) is 9.47 Å². The normalized spacial score (nSPS) is 21.4. The lowest BCUT2D eigenvalue weighted by molar-refractivity contribution is -0.168. The highest BCUT2D eigenvalue weighted by Crippen LogP contribution is 1.94. The van der Waals surface area contributed by atoms with E-state index in [9.17, 15) is 9.59 Å². The molecule has 0 radical (unpaired) electrons. The van der Waals surface area contributed by atoms with Gasteiger partial charge in [0.1, 0.15) is 13.2 Å². The van der Waals surface area contributed by atoms with Gasteiger partial charge in [0.15, 0.2) is 6.79 Å². The zero-order chi connectivity index (χ0) is 10.2. The molecule has 0 saturated carbocycles. The fraction of sp³-hybridized carbons (Fsp3) is 0.750. The molecule has 0 aromatic carbocycles. The Morgan fingerprint density at radius 1 is 0.857 bits per heavy atom. The highest BCUT2D eigenvalue weighted by atomic mass is 16.7. The van der Waals surface area contributed by atoms with Crippen LogP contribution in [0, 0.1) is 0 Å². The first-order valence-corrected chi connectivity index (χ1v) is 4.26. The molecule has 2 saturated heterocycles. The first-order chi connectivity index (χ1) is 6.79. The summed E-state index contributed by atoms with van der Waals surface area (Å²) in [5.74, 6) is -0.419. The van der Waals surface area contributed by atoms with E-state index in [1.165, 1.54) is 0 Å². The maximum absolute atomic E-state index is 10.2. The Kier molecular flexibility index (Phi) is 4.95. The van der Waals surface area contributed by atoms with Crippen LogP contribution >= 0.6 is 0 Å². The quantitative estimate of drug-likeness (QED) is 0.494. The van der Waals surface area contributed by atoms with E-state index in [1.807, 2.05) is 0 Å². The van der Waals surface area contributed by atoms with Gasteiger partial charge in [0.05, 0.1) is 19.6 Å². The summed E-state index contributed by atoms with van der Waals surface area (Å²) < 4.78 is 18.3. The van der Waals surface area contributed by atoms with Crippen molar-refractivity contribution in [3.63, 3.8) is 0 Å². The van der Waals surface area contributed by atoms with Crippen molar-refractivity contribution >= 4 is 11.9 Å². The van der Waals surface area contributed by atoms with Gasteiger partial charge in [0.25, 0.3) is 0 Å². The minimum absolute atomic E-state index is 0.125. The second-order valence-electron chi connectivity index (χ2n) is 2.57. The predicted molar refractivity (Wildman–Crippen MR) is 43.3 cm³/mol. The topological polar surface area (TPSA) is 71.1 Å². The summed E-state index contributed by atoms with van der Waals surface area (Å²) in [5.41, 5.74) is 0. The molecule has 80 valence electrons. The van der Waals surface area contributed by atoms with Crippen LogP contribution in [0.15, 0.2) is 0 Å². The Morgan fingerprint density at radius 3 is 2.00 bits per heavy atom. The molecule has 2 aliphatic rings. The summed E-state index contributed by atoms with van der Waals surface area (Å²) in [6, 6.07) is 0. The van der Waals surface area contributed by atoms with Gasteiger partial charge < -0.3 is 18.9 Å². The Labute approximate surface area is 81.1 Å². The number of esters is 2. The van der Waals surface area contributed by atoms with E-state index < -0.39 is 0 Å². The van der Waals surface area contributed by atoms with Gasteiger partial charge in [-0.2, -0.15) is 0 Å². The van der Waals surface area contributed by atoms with Crippen LogP contribution in [0.1, 0.15) is 6.42 Å². The molecular formula is C8H12O6. The third kappa shape index (κ3) is 4.78. The molecule has 2 aliphatic heterocycles. The molecule has 2 rings (SSSR count). The zero-order valence-electron chi connectivity index (χ0n) is 7.69. The molecule has 14 heavy (non-hydrogen) atoms. The summed E-state index contributed by atoms with van der Waals surface area (Å²) in [6.45, 7) is 1.74. The van der Waals surface area contributed by atoms with Crippen LogP contribution in [-0.4, -0.2) is 45.2 Å². The van der Waals surface area contributed by atoms with Crippen molar-refractivity contribution in [3.05, 3.63) is 0 Å². The van der Waals surface area contributed by atoms with Crippen molar-refractivity contribution in [1.29, 1.82) is 0 Å². The molecule has 0 aromatic heterocycles. The van der Waals surface area contributed by atoms with E-state index in [-0.39, 0.29) is 25.3 Å². The molecule has 0 aliphatic carbocycles. The Morgan fingerprint density at radius 2 is 1.71 bits per heavy atom. The lowest BCUT2D eigenvalue weighted by atomic mass is 10.5. The highest BCUT2D eigenvalue weighted by molar-refractivity contribution is 5.71. The summed E-state index contributed by atoms with van der Waals surface area (Å²) in [4.78, 5) is 20.3. The fourth-order valence-corrected chi connectivity index (χ4v) is 0.806. The summed E-state index contributed by atoms with van der Waals surface area (Å²) in [7, 11) is 0. The van der Waals surface area contributed by atoms with Crippen molar-refractivity contribution in [2.24, 2.45) is 0 Å². The molecule has 0 unspecified atom stereocenters. The van der Waals surface area contributed by atoms with Crippen LogP contribution < -0.4 is 0 Å². The lowest BCUT2D eigenvalue weighted by Gasteiger charge is -2.09. The fourth-order valence-electron chi connectivity index (χ4n) is 0.806. The summed E-state index contributed by atoms with van der Waals surface area (Å²) >= 11 is 0. The lowest BCUT2D eigenvalue weighted by Crippen LogP contribution is -2.22. The van der Waals surface area contributed by atoms with Gasteiger partial charge >= 0.3 is 11.9 Å². The molecule has 0 N–H and O–H groups in total. The van der Waals surface area contributed by atoms with Crippen molar-refractivity contribution in [1.82, 2.24) is 0 Å². The van der Waals surface area contributed by atoms with Crippen LogP contribution in [0.5, 0.6) is 0 Å². The summed E-state index contributed by atoms with van der Waals surface area (Å²) in [5, 5.41) is 0. The average molecular weight is 204 g/mol. The number of carbonyl (C=O) groups excluding carboxylic acids is 2. The molecule has 0 bridgehead atoms. The minimum atomic E-state index is -0.258. The number of hydrogen-bond acceptors (Lipinski definition) is 6. The third-order valence-corrected chi connectivity index (χ3v) is 1.46. The number of rotatable bonds is 0. The van der Waals surface area contributed by atoms with Crippen molar-refractivity contribution in [2.75, 3.05) is 33.2 Å². The van der Waals surface area contributed by atoms with Crippen LogP contribution in [0.4, 0.5) is 0 Å². The smallest absolute Gasteiger partial charge is 0.332 e. The monoisotopic (exact) mass is 204 g/mol. The molecule has 0 atom stereocenters. The Bertz CT molecular complexity index is 164. The van der Waals surface area contributed by atoms with Crippen molar-refractivity contribution in [3.8, 4) is 0 Å². The van der Waals surface area contributed by atoms with Gasteiger partial charge in [0.2, 0.25) is 0 Å². The van der Waals surface area contributed by atoms with Crippen molar-refractivity contribution in [2.45, 2.75) is 6.42 Å². The molecule has 6 heteroatoms. The molecule has 2 heterocycles. The predicted octanol–water partition coefficient (Wildman–Crippen LogP) is -0.533. The van der Waals surface area contributed by atoms with E-state index in [2.05, 4.69) is 9.47 Å². The van der Waals surface area contributed by atoms with Crippen LogP contribution in [0.2, 0.25) is 0 Å². The largest absolute Gasteiger partial charge is 0.462 e. The van der Waals surface area contributed by atoms with E-state index >= 15 is 0 Å². The molecule has 0 spiro atoms. The average Bonchev–Trinajstić information content (AvgIpc) is 2.21. The Hall–Kier alpha value is -1.14. The number of hydrogen-bond donors (Lipinski definition) is 0. The highest BCUT2D eigenvalue weighted by Gasteiger charge is 2.07. The van der Waals surface area contributed by atoms with Gasteiger partial charge in [-0.1, -0.05) is 0 Å². The number of ether oxygens (including phenoxy) is 4. The van der Waals surface area contributed by atoms with Crippen LogP contribution in [0.25, 0.3) is 0 Å². The molecule has 0 amide bonds. The molecule has 6 nitrogen and oxygen atoms in total. The standard InChI is InChI=1S/2C4H6O3/c5-4-3-6-1-2-7-4;5-4-1-2-6-3-7-4/h2*1-3H2. The van der Waals surface area contributed by atoms with Gasteiger partial charge in [-0.25, -0.2) is 4.79 Å². The minimum Gasteiger partial charge on any atom is -0.462 e. The van der Waals surface area contributed by atoms with Crippen LogP contribution in [0.3, 0.4) is 0 Å². The second-order valence-corrected chi connectivity index (χ2v) is 2.57. The van der Waals surface area contributed by atoms with Gasteiger partial charge in [0, 0.05) is 0 Å². The van der Waals surface area contributed by atoms with E-state index in [1.54, 1.807) is 0 Å². The van der Waals surface area contributed by atoms with Crippen LogP contribution in [-0.2, 0) is 28.5 Å². The maximum Gasteiger partial charge on any atom is 0.332 e. The summed E-state index contributed by atoms with van der Waals surface area (Å²) in [6.07, 6.45) is 0.403. The number of carbonyl (C=O) groups is 2. The molecule has 0 aromatic rings. The zero-order valence-corrected chi connectivity index (χ0v) is 7.69. The number of cyclic esters (lactones) is 2. The molecule has 2 fully saturated rings. The first-order valence-electron chi connectivity index (χ1n) is 4.26. The SMILES string of the molecule is O=C1CCOCO1.O=C1COCCO1.